The van der Waals surface area contributed by atoms with Gasteiger partial charge in [-0.1, -0.05) is 72.4 Å². The minimum atomic E-state index is -0.386. The molecule has 7 nitrogen and oxygen atoms in total. The van der Waals surface area contributed by atoms with Crippen molar-refractivity contribution in [1.29, 1.82) is 0 Å². The molecule has 178 valence electrons. The summed E-state index contributed by atoms with van der Waals surface area (Å²) in [5, 5.41) is 14.8. The third-order valence-electron chi connectivity index (χ3n) is 5.50. The molecule has 0 radical (unpaired) electrons. The lowest BCUT2D eigenvalue weighted by molar-refractivity contribution is -0.120. The molecule has 1 atom stereocenters. The van der Waals surface area contributed by atoms with Crippen LogP contribution in [0.1, 0.15) is 31.0 Å². The number of amides is 2. The molecule has 0 aliphatic heterocycles. The Morgan fingerprint density at radius 2 is 1.43 bits per heavy atom. The van der Waals surface area contributed by atoms with Crippen LogP contribution in [-0.4, -0.2) is 31.8 Å². The van der Waals surface area contributed by atoms with Crippen LogP contribution in [0.5, 0.6) is 0 Å². The van der Waals surface area contributed by atoms with Gasteiger partial charge in [-0.3, -0.25) is 9.59 Å². The lowest BCUT2D eigenvalue weighted by Crippen LogP contribution is -2.35. The van der Waals surface area contributed by atoms with Crippen molar-refractivity contribution >= 4 is 29.3 Å². The lowest BCUT2D eigenvalue weighted by atomic mass is 9.98. The highest BCUT2D eigenvalue weighted by molar-refractivity contribution is 8.00. The first kappa shape index (κ1) is 24.2. The van der Waals surface area contributed by atoms with Crippen LogP contribution in [0.2, 0.25) is 0 Å². The van der Waals surface area contributed by atoms with Gasteiger partial charge in [0.25, 0.3) is 0 Å². The van der Waals surface area contributed by atoms with Gasteiger partial charge in [0.05, 0.1) is 11.3 Å². The van der Waals surface area contributed by atoms with E-state index in [1.165, 1.54) is 18.7 Å². The molecule has 1 unspecified atom stereocenters. The summed E-state index contributed by atoms with van der Waals surface area (Å²) < 4.78 is 1.87. The summed E-state index contributed by atoms with van der Waals surface area (Å²) in [5.41, 5.74) is 3.63. The molecule has 0 aliphatic rings. The number of benzene rings is 3. The van der Waals surface area contributed by atoms with Crippen molar-refractivity contribution in [1.82, 2.24) is 20.1 Å². The maximum absolute atomic E-state index is 13.2. The first-order chi connectivity index (χ1) is 16.9. The van der Waals surface area contributed by atoms with E-state index in [4.69, 9.17) is 0 Å². The Labute approximate surface area is 209 Å². The maximum Gasteiger partial charge on any atom is 0.234 e. The molecule has 2 amide bonds. The van der Waals surface area contributed by atoms with Crippen LogP contribution in [-0.2, 0) is 16.6 Å². The molecule has 0 aliphatic carbocycles. The zero-order valence-corrected chi connectivity index (χ0v) is 20.6. The number of rotatable bonds is 8. The van der Waals surface area contributed by atoms with Gasteiger partial charge in [0.15, 0.2) is 11.0 Å². The fourth-order valence-corrected chi connectivity index (χ4v) is 4.52. The minimum absolute atomic E-state index is 0.0862. The Hall–Kier alpha value is -3.91. The number of carbonyl (C=O) groups is 2. The molecule has 3 aromatic carbocycles. The summed E-state index contributed by atoms with van der Waals surface area (Å²) in [6.07, 6.45) is 0. The van der Waals surface area contributed by atoms with Gasteiger partial charge in [0.1, 0.15) is 0 Å². The second kappa shape index (κ2) is 11.0. The van der Waals surface area contributed by atoms with E-state index in [9.17, 15) is 9.59 Å². The van der Waals surface area contributed by atoms with Crippen LogP contribution in [0.15, 0.2) is 90.1 Å². The highest BCUT2D eigenvalue weighted by atomic mass is 32.2. The molecule has 8 heteroatoms. The van der Waals surface area contributed by atoms with Crippen LogP contribution >= 0.6 is 11.8 Å². The zero-order chi connectivity index (χ0) is 24.8. The number of nitrogens with one attached hydrogen (secondary N) is 2. The average molecular weight is 486 g/mol. The molecule has 4 aromatic rings. The first-order valence-electron chi connectivity index (χ1n) is 11.3. The SMILES string of the molecule is CC(=O)Nc1ccc(-c2nnc(SC(C)C(=O)NC(c3ccccc3)c3ccccc3)n2C)cc1. The second-order valence-corrected chi connectivity index (χ2v) is 9.45. The number of thioether (sulfide) groups is 1. The largest absolute Gasteiger partial charge is 0.344 e. The number of nitrogens with zero attached hydrogens (tertiary/aromatic N) is 3. The quantitative estimate of drug-likeness (QED) is 0.349. The summed E-state index contributed by atoms with van der Waals surface area (Å²) in [6.45, 7) is 3.34. The van der Waals surface area contributed by atoms with Crippen molar-refractivity contribution in [2.75, 3.05) is 5.32 Å². The maximum atomic E-state index is 13.2. The normalized spacial score (nSPS) is 11.8. The summed E-state index contributed by atoms with van der Waals surface area (Å²) in [5.74, 6) is 0.474. The Morgan fingerprint density at radius 3 is 1.97 bits per heavy atom. The van der Waals surface area contributed by atoms with Crippen LogP contribution < -0.4 is 10.6 Å². The van der Waals surface area contributed by atoms with Crippen LogP contribution in [0.4, 0.5) is 5.69 Å². The Balaban J connectivity index is 1.47. The predicted octanol–water partition coefficient (Wildman–Crippen LogP) is 4.83. The van der Waals surface area contributed by atoms with Crippen molar-refractivity contribution in [3.05, 3.63) is 96.1 Å². The van der Waals surface area contributed by atoms with E-state index in [2.05, 4.69) is 20.8 Å². The number of hydrogen-bond acceptors (Lipinski definition) is 5. The average Bonchev–Trinajstić information content (AvgIpc) is 3.23. The second-order valence-electron chi connectivity index (χ2n) is 8.15. The summed E-state index contributed by atoms with van der Waals surface area (Å²) >= 11 is 1.36. The molecule has 0 saturated heterocycles. The minimum Gasteiger partial charge on any atom is -0.344 e. The van der Waals surface area contributed by atoms with E-state index in [-0.39, 0.29) is 23.1 Å². The smallest absolute Gasteiger partial charge is 0.234 e. The third-order valence-corrected chi connectivity index (χ3v) is 6.64. The zero-order valence-electron chi connectivity index (χ0n) is 19.8. The van der Waals surface area contributed by atoms with Crippen molar-refractivity contribution in [2.45, 2.75) is 30.3 Å². The standard InChI is InChI=1S/C27H27N5O2S/c1-18(26(34)29-24(20-10-6-4-7-11-20)21-12-8-5-9-13-21)35-27-31-30-25(32(27)3)22-14-16-23(17-15-22)28-19(2)33/h4-18,24H,1-3H3,(H,28,33)(H,29,34). The van der Waals surface area contributed by atoms with Gasteiger partial charge in [0, 0.05) is 25.2 Å². The Bertz CT molecular complexity index is 1250. The fraction of sp³-hybridized carbons (Fsp3) is 0.185. The van der Waals surface area contributed by atoms with Crippen molar-refractivity contribution in [3.63, 3.8) is 0 Å². The summed E-state index contributed by atoms with van der Waals surface area (Å²) in [7, 11) is 1.88. The summed E-state index contributed by atoms with van der Waals surface area (Å²) in [6, 6.07) is 27.0. The molecule has 4 rings (SSSR count). The summed E-state index contributed by atoms with van der Waals surface area (Å²) in [4.78, 5) is 24.4. The van der Waals surface area contributed by atoms with Gasteiger partial charge >= 0.3 is 0 Å². The van der Waals surface area contributed by atoms with E-state index in [1.54, 1.807) is 0 Å². The van der Waals surface area contributed by atoms with Gasteiger partial charge in [-0.15, -0.1) is 10.2 Å². The molecule has 35 heavy (non-hydrogen) atoms. The van der Waals surface area contributed by atoms with Crippen LogP contribution in [0.3, 0.4) is 0 Å². The fourth-order valence-electron chi connectivity index (χ4n) is 3.70. The van der Waals surface area contributed by atoms with E-state index in [0.29, 0.717) is 11.0 Å². The molecule has 2 N–H and O–H groups in total. The van der Waals surface area contributed by atoms with Crippen LogP contribution in [0.25, 0.3) is 11.4 Å². The molecular weight excluding hydrogens is 458 g/mol. The van der Waals surface area contributed by atoms with Gasteiger partial charge in [0.2, 0.25) is 11.8 Å². The predicted molar refractivity (Wildman–Crippen MR) is 139 cm³/mol. The molecular formula is C27H27N5O2S. The monoisotopic (exact) mass is 485 g/mol. The highest BCUT2D eigenvalue weighted by Gasteiger charge is 2.23. The molecule has 1 heterocycles. The van der Waals surface area contributed by atoms with Crippen molar-refractivity contribution in [2.24, 2.45) is 7.05 Å². The first-order valence-corrected chi connectivity index (χ1v) is 12.1. The number of aromatic nitrogens is 3. The van der Waals surface area contributed by atoms with Crippen molar-refractivity contribution < 1.29 is 9.59 Å². The molecule has 1 aromatic heterocycles. The van der Waals surface area contributed by atoms with Crippen molar-refractivity contribution in [3.8, 4) is 11.4 Å². The van der Waals surface area contributed by atoms with Gasteiger partial charge in [-0.25, -0.2) is 0 Å². The molecule has 0 fully saturated rings. The molecule has 0 bridgehead atoms. The van der Waals surface area contributed by atoms with Gasteiger partial charge in [-0.2, -0.15) is 0 Å². The Kier molecular flexibility index (Phi) is 7.62. The number of anilines is 1. The number of hydrogen-bond donors (Lipinski definition) is 2. The Morgan fingerprint density at radius 1 is 0.857 bits per heavy atom. The van der Waals surface area contributed by atoms with Crippen LogP contribution in [0, 0.1) is 0 Å². The van der Waals surface area contributed by atoms with Gasteiger partial charge in [-0.05, 0) is 42.3 Å². The number of carbonyl (C=O) groups excluding carboxylic acids is 2. The van der Waals surface area contributed by atoms with E-state index in [0.717, 1.165) is 22.4 Å². The van der Waals surface area contributed by atoms with E-state index in [1.807, 2.05) is 103 Å². The molecule has 0 spiro atoms. The lowest BCUT2D eigenvalue weighted by Gasteiger charge is -2.22. The third kappa shape index (κ3) is 5.96. The van der Waals surface area contributed by atoms with E-state index < -0.39 is 0 Å². The topological polar surface area (TPSA) is 88.9 Å². The highest BCUT2D eigenvalue weighted by Crippen LogP contribution is 2.28. The van der Waals surface area contributed by atoms with Gasteiger partial charge < -0.3 is 15.2 Å². The molecule has 0 saturated carbocycles. The van der Waals surface area contributed by atoms with E-state index >= 15 is 0 Å².